The predicted molar refractivity (Wildman–Crippen MR) is 69.7 cm³/mol. The Balaban J connectivity index is 1.74. The SMILES string of the molecule is Cc1cc(C(=O)N2CCC(n3cccn3)C2)n(C)n1. The number of hydrogen-bond acceptors (Lipinski definition) is 3. The molecule has 1 atom stereocenters. The van der Waals surface area contributed by atoms with E-state index >= 15 is 0 Å². The van der Waals surface area contributed by atoms with Gasteiger partial charge in [0.15, 0.2) is 0 Å². The van der Waals surface area contributed by atoms with Gasteiger partial charge in [0, 0.05) is 32.5 Å². The van der Waals surface area contributed by atoms with Crippen LogP contribution in [0.3, 0.4) is 0 Å². The smallest absolute Gasteiger partial charge is 0.272 e. The lowest BCUT2D eigenvalue weighted by Gasteiger charge is -2.16. The minimum atomic E-state index is 0.0535. The average Bonchev–Trinajstić information content (AvgIpc) is 3.06. The summed E-state index contributed by atoms with van der Waals surface area (Å²) in [6.45, 7) is 3.38. The van der Waals surface area contributed by atoms with E-state index in [-0.39, 0.29) is 11.9 Å². The van der Waals surface area contributed by atoms with Crippen LogP contribution in [0.5, 0.6) is 0 Å². The number of nitrogens with zero attached hydrogens (tertiary/aromatic N) is 5. The summed E-state index contributed by atoms with van der Waals surface area (Å²) in [5, 5.41) is 8.47. The van der Waals surface area contributed by atoms with E-state index in [2.05, 4.69) is 10.2 Å². The van der Waals surface area contributed by atoms with Gasteiger partial charge in [0.05, 0.1) is 11.7 Å². The van der Waals surface area contributed by atoms with Crippen LogP contribution in [-0.2, 0) is 7.05 Å². The summed E-state index contributed by atoms with van der Waals surface area (Å²) in [5.41, 5.74) is 1.52. The second kappa shape index (κ2) is 4.53. The van der Waals surface area contributed by atoms with Crippen LogP contribution in [0.25, 0.3) is 0 Å². The number of carbonyl (C=O) groups excluding carboxylic acids is 1. The molecule has 0 radical (unpaired) electrons. The fraction of sp³-hybridized carbons (Fsp3) is 0.462. The highest BCUT2D eigenvalue weighted by molar-refractivity contribution is 5.92. The standard InChI is InChI=1S/C13H17N5O/c1-10-8-12(16(2)15-10)13(19)17-7-4-11(9-17)18-6-3-5-14-18/h3,5-6,8,11H,4,7,9H2,1-2H3. The third-order valence-corrected chi connectivity index (χ3v) is 3.57. The van der Waals surface area contributed by atoms with Gasteiger partial charge in [-0.3, -0.25) is 14.2 Å². The van der Waals surface area contributed by atoms with E-state index in [4.69, 9.17) is 0 Å². The van der Waals surface area contributed by atoms with Crippen molar-refractivity contribution in [3.63, 3.8) is 0 Å². The molecule has 6 heteroatoms. The molecule has 1 unspecified atom stereocenters. The summed E-state index contributed by atoms with van der Waals surface area (Å²) in [6, 6.07) is 4.03. The van der Waals surface area contributed by atoms with Crippen molar-refractivity contribution in [2.45, 2.75) is 19.4 Å². The van der Waals surface area contributed by atoms with Gasteiger partial charge < -0.3 is 4.90 Å². The molecule has 0 N–H and O–H groups in total. The molecule has 0 saturated carbocycles. The zero-order valence-electron chi connectivity index (χ0n) is 11.2. The molecule has 0 spiro atoms. The van der Waals surface area contributed by atoms with Gasteiger partial charge in [0.2, 0.25) is 0 Å². The summed E-state index contributed by atoms with van der Waals surface area (Å²) >= 11 is 0. The first kappa shape index (κ1) is 12.0. The lowest BCUT2D eigenvalue weighted by molar-refractivity contribution is 0.0776. The van der Waals surface area contributed by atoms with Crippen molar-refractivity contribution in [2.24, 2.45) is 7.05 Å². The maximum Gasteiger partial charge on any atom is 0.272 e. The minimum absolute atomic E-state index is 0.0535. The largest absolute Gasteiger partial charge is 0.335 e. The molecule has 19 heavy (non-hydrogen) atoms. The molecule has 1 fully saturated rings. The predicted octanol–water partition coefficient (Wildman–Crippen LogP) is 1.01. The molecular weight excluding hydrogens is 242 g/mol. The second-order valence-electron chi connectivity index (χ2n) is 4.97. The Morgan fingerprint density at radius 3 is 2.95 bits per heavy atom. The zero-order valence-corrected chi connectivity index (χ0v) is 11.2. The Morgan fingerprint density at radius 2 is 2.32 bits per heavy atom. The van der Waals surface area contributed by atoms with Gasteiger partial charge in [-0.2, -0.15) is 10.2 Å². The zero-order chi connectivity index (χ0) is 13.4. The summed E-state index contributed by atoms with van der Waals surface area (Å²) in [6.07, 6.45) is 4.67. The molecule has 0 bridgehead atoms. The maximum atomic E-state index is 12.4. The molecule has 1 aliphatic rings. The van der Waals surface area contributed by atoms with Gasteiger partial charge in [-0.25, -0.2) is 0 Å². The van der Waals surface area contributed by atoms with Gasteiger partial charge in [-0.05, 0) is 25.5 Å². The van der Waals surface area contributed by atoms with E-state index in [1.54, 1.807) is 17.9 Å². The molecule has 3 rings (SSSR count). The molecule has 2 aromatic heterocycles. The van der Waals surface area contributed by atoms with Crippen LogP contribution in [0.1, 0.15) is 28.6 Å². The lowest BCUT2D eigenvalue weighted by Crippen LogP contribution is -2.30. The van der Waals surface area contributed by atoms with E-state index in [1.165, 1.54) is 0 Å². The summed E-state index contributed by atoms with van der Waals surface area (Å²) < 4.78 is 3.58. The van der Waals surface area contributed by atoms with Crippen molar-refractivity contribution >= 4 is 5.91 Å². The number of amides is 1. The molecule has 6 nitrogen and oxygen atoms in total. The van der Waals surface area contributed by atoms with E-state index in [0.29, 0.717) is 12.2 Å². The first-order valence-corrected chi connectivity index (χ1v) is 6.44. The Hall–Kier alpha value is -2.11. The van der Waals surface area contributed by atoms with E-state index in [9.17, 15) is 4.79 Å². The van der Waals surface area contributed by atoms with E-state index in [0.717, 1.165) is 18.7 Å². The molecule has 1 aliphatic heterocycles. The number of hydrogen-bond donors (Lipinski definition) is 0. The Kier molecular flexibility index (Phi) is 2.85. The highest BCUT2D eigenvalue weighted by atomic mass is 16.2. The molecule has 0 aliphatic carbocycles. The summed E-state index contributed by atoms with van der Waals surface area (Å²) in [4.78, 5) is 14.3. The number of carbonyl (C=O) groups is 1. The molecule has 2 aromatic rings. The quantitative estimate of drug-likeness (QED) is 0.809. The van der Waals surface area contributed by atoms with Crippen LogP contribution in [0.2, 0.25) is 0 Å². The number of likely N-dealkylation sites (tertiary alicyclic amines) is 1. The normalized spacial score (nSPS) is 19.1. The molecule has 3 heterocycles. The van der Waals surface area contributed by atoms with Crippen LogP contribution < -0.4 is 0 Å². The van der Waals surface area contributed by atoms with Crippen LogP contribution in [0.15, 0.2) is 24.5 Å². The minimum Gasteiger partial charge on any atom is -0.335 e. The Labute approximate surface area is 111 Å². The monoisotopic (exact) mass is 259 g/mol. The molecule has 0 aromatic carbocycles. The van der Waals surface area contributed by atoms with Gasteiger partial charge in [0.25, 0.3) is 5.91 Å². The molecular formula is C13H17N5O. The van der Waals surface area contributed by atoms with Crippen molar-refractivity contribution < 1.29 is 4.79 Å². The Morgan fingerprint density at radius 1 is 1.47 bits per heavy atom. The molecule has 1 saturated heterocycles. The van der Waals surface area contributed by atoms with Gasteiger partial charge in [0.1, 0.15) is 5.69 Å². The first-order valence-electron chi connectivity index (χ1n) is 6.44. The van der Waals surface area contributed by atoms with Crippen LogP contribution in [-0.4, -0.2) is 43.5 Å². The Bertz CT molecular complexity index is 586. The third kappa shape index (κ3) is 2.14. The fourth-order valence-corrected chi connectivity index (χ4v) is 2.61. The molecule has 1 amide bonds. The topological polar surface area (TPSA) is 56.0 Å². The summed E-state index contributed by atoms with van der Waals surface area (Å²) in [5.74, 6) is 0.0535. The van der Waals surface area contributed by atoms with Gasteiger partial charge >= 0.3 is 0 Å². The van der Waals surface area contributed by atoms with Crippen LogP contribution in [0, 0.1) is 6.92 Å². The lowest BCUT2D eigenvalue weighted by atomic mass is 10.3. The second-order valence-corrected chi connectivity index (χ2v) is 4.97. The average molecular weight is 259 g/mol. The van der Waals surface area contributed by atoms with Crippen LogP contribution >= 0.6 is 0 Å². The summed E-state index contributed by atoms with van der Waals surface area (Å²) in [7, 11) is 1.81. The van der Waals surface area contributed by atoms with E-state index < -0.39 is 0 Å². The maximum absolute atomic E-state index is 12.4. The number of aromatic nitrogens is 4. The van der Waals surface area contributed by atoms with Crippen LogP contribution in [0.4, 0.5) is 0 Å². The van der Waals surface area contributed by atoms with Crippen molar-refractivity contribution in [3.05, 3.63) is 35.9 Å². The first-order chi connectivity index (χ1) is 9.15. The fourth-order valence-electron chi connectivity index (χ4n) is 2.61. The number of aryl methyl sites for hydroxylation is 2. The van der Waals surface area contributed by atoms with Crippen molar-refractivity contribution in [2.75, 3.05) is 13.1 Å². The van der Waals surface area contributed by atoms with Crippen molar-refractivity contribution in [1.29, 1.82) is 0 Å². The molecule has 100 valence electrons. The third-order valence-electron chi connectivity index (χ3n) is 3.57. The highest BCUT2D eigenvalue weighted by Crippen LogP contribution is 2.22. The highest BCUT2D eigenvalue weighted by Gasteiger charge is 2.29. The van der Waals surface area contributed by atoms with Gasteiger partial charge in [-0.15, -0.1) is 0 Å². The van der Waals surface area contributed by atoms with Crippen molar-refractivity contribution in [1.82, 2.24) is 24.5 Å². The van der Waals surface area contributed by atoms with Gasteiger partial charge in [-0.1, -0.05) is 0 Å². The van der Waals surface area contributed by atoms with E-state index in [1.807, 2.05) is 34.8 Å². The number of rotatable bonds is 2. The van der Waals surface area contributed by atoms with Crippen molar-refractivity contribution in [3.8, 4) is 0 Å².